The molecule has 0 saturated carbocycles. The highest BCUT2D eigenvalue weighted by Gasteiger charge is 2.31. The van der Waals surface area contributed by atoms with Crippen molar-refractivity contribution >= 4 is 11.6 Å². The summed E-state index contributed by atoms with van der Waals surface area (Å²) in [5.74, 6) is 0.621. The lowest BCUT2D eigenvalue weighted by Gasteiger charge is -2.29. The molecule has 1 nitrogen and oxygen atoms in total. The Bertz CT molecular complexity index is 417. The van der Waals surface area contributed by atoms with E-state index < -0.39 is 11.7 Å². The summed E-state index contributed by atoms with van der Waals surface area (Å²) in [5, 5.41) is 0. The third kappa shape index (κ3) is 3.18. The quantitative estimate of drug-likeness (QED) is 0.762. The second-order valence-electron chi connectivity index (χ2n) is 4.55. The van der Waals surface area contributed by atoms with Gasteiger partial charge in [0.2, 0.25) is 0 Å². The SMILES string of the molecule is FC(F)(F)c1ccc2c(c1)CCN(CCCCl)C2. The van der Waals surface area contributed by atoms with Gasteiger partial charge < -0.3 is 0 Å². The summed E-state index contributed by atoms with van der Waals surface area (Å²) in [6.07, 6.45) is -2.65. The van der Waals surface area contributed by atoms with Gasteiger partial charge in [-0.1, -0.05) is 6.07 Å². The lowest BCUT2D eigenvalue weighted by molar-refractivity contribution is -0.137. The van der Waals surface area contributed by atoms with Crippen molar-refractivity contribution in [2.45, 2.75) is 25.6 Å². The molecule has 0 aromatic heterocycles. The maximum absolute atomic E-state index is 12.6. The van der Waals surface area contributed by atoms with Crippen molar-refractivity contribution in [1.29, 1.82) is 0 Å². The monoisotopic (exact) mass is 277 g/mol. The molecule has 1 aromatic carbocycles. The van der Waals surface area contributed by atoms with Crippen LogP contribution in [0.4, 0.5) is 13.2 Å². The third-order valence-electron chi connectivity index (χ3n) is 3.23. The Labute approximate surface area is 110 Å². The van der Waals surface area contributed by atoms with Crippen LogP contribution >= 0.6 is 11.6 Å². The van der Waals surface area contributed by atoms with Gasteiger partial charge in [-0.05, 0) is 42.6 Å². The summed E-state index contributed by atoms with van der Waals surface area (Å²) in [5.41, 5.74) is 1.28. The first-order chi connectivity index (χ1) is 8.50. The molecule has 0 bridgehead atoms. The molecule has 1 aliphatic rings. The highest BCUT2D eigenvalue weighted by Crippen LogP contribution is 2.32. The molecule has 5 heteroatoms. The summed E-state index contributed by atoms with van der Waals surface area (Å²) >= 11 is 5.64. The molecule has 100 valence electrons. The number of hydrogen-bond donors (Lipinski definition) is 0. The van der Waals surface area contributed by atoms with Crippen molar-refractivity contribution in [3.63, 3.8) is 0 Å². The van der Waals surface area contributed by atoms with Crippen LogP contribution < -0.4 is 0 Å². The predicted molar refractivity (Wildman–Crippen MR) is 65.8 cm³/mol. The number of rotatable bonds is 3. The minimum Gasteiger partial charge on any atom is -0.299 e. The lowest BCUT2D eigenvalue weighted by atomic mass is 9.97. The zero-order valence-corrected chi connectivity index (χ0v) is 10.7. The predicted octanol–water partition coefficient (Wildman–Crippen LogP) is 3.69. The second-order valence-corrected chi connectivity index (χ2v) is 4.93. The van der Waals surface area contributed by atoms with Crippen LogP contribution in [0.1, 0.15) is 23.1 Å². The van der Waals surface area contributed by atoms with Gasteiger partial charge in [-0.25, -0.2) is 0 Å². The molecule has 0 amide bonds. The van der Waals surface area contributed by atoms with Gasteiger partial charge in [0, 0.05) is 19.0 Å². The maximum atomic E-state index is 12.6. The van der Waals surface area contributed by atoms with Gasteiger partial charge in [-0.2, -0.15) is 13.2 Å². The van der Waals surface area contributed by atoms with Crippen LogP contribution in [0.25, 0.3) is 0 Å². The van der Waals surface area contributed by atoms with E-state index in [0.29, 0.717) is 12.3 Å². The normalized spacial score (nSPS) is 16.7. The fraction of sp³-hybridized carbons (Fsp3) is 0.538. The van der Waals surface area contributed by atoms with E-state index in [0.717, 1.165) is 37.2 Å². The van der Waals surface area contributed by atoms with Crippen molar-refractivity contribution in [1.82, 2.24) is 4.90 Å². The molecule has 0 atom stereocenters. The van der Waals surface area contributed by atoms with Crippen molar-refractivity contribution in [2.75, 3.05) is 19.0 Å². The molecule has 1 aliphatic heterocycles. The van der Waals surface area contributed by atoms with E-state index in [9.17, 15) is 13.2 Å². The van der Waals surface area contributed by atoms with Gasteiger partial charge in [0.05, 0.1) is 5.56 Å². The van der Waals surface area contributed by atoms with Crippen molar-refractivity contribution in [3.05, 3.63) is 34.9 Å². The molecule has 0 spiro atoms. The van der Waals surface area contributed by atoms with Crippen LogP contribution in [-0.4, -0.2) is 23.9 Å². The lowest BCUT2D eigenvalue weighted by Crippen LogP contribution is -2.31. The summed E-state index contributed by atoms with van der Waals surface area (Å²) in [6, 6.07) is 4.06. The second kappa shape index (κ2) is 5.49. The van der Waals surface area contributed by atoms with Crippen LogP contribution in [0.15, 0.2) is 18.2 Å². The van der Waals surface area contributed by atoms with Crippen LogP contribution in [0.5, 0.6) is 0 Å². The van der Waals surface area contributed by atoms with Crippen LogP contribution in [0, 0.1) is 0 Å². The topological polar surface area (TPSA) is 3.24 Å². The minimum atomic E-state index is -4.25. The highest BCUT2D eigenvalue weighted by atomic mass is 35.5. The smallest absolute Gasteiger partial charge is 0.299 e. The van der Waals surface area contributed by atoms with E-state index in [1.54, 1.807) is 6.07 Å². The molecule has 0 aliphatic carbocycles. The van der Waals surface area contributed by atoms with E-state index in [-0.39, 0.29) is 0 Å². The largest absolute Gasteiger partial charge is 0.416 e. The molecule has 2 rings (SSSR count). The van der Waals surface area contributed by atoms with Crippen LogP contribution in [0.3, 0.4) is 0 Å². The first kappa shape index (κ1) is 13.7. The molecule has 1 heterocycles. The summed E-state index contributed by atoms with van der Waals surface area (Å²) in [4.78, 5) is 2.23. The first-order valence-corrected chi connectivity index (χ1v) is 6.51. The number of alkyl halides is 4. The number of hydrogen-bond acceptors (Lipinski definition) is 1. The van der Waals surface area contributed by atoms with Crippen molar-refractivity contribution in [3.8, 4) is 0 Å². The van der Waals surface area contributed by atoms with Crippen molar-refractivity contribution < 1.29 is 13.2 Å². The Kier molecular flexibility index (Phi) is 4.17. The van der Waals surface area contributed by atoms with Gasteiger partial charge in [0.1, 0.15) is 0 Å². The summed E-state index contributed by atoms with van der Waals surface area (Å²) in [7, 11) is 0. The van der Waals surface area contributed by atoms with Crippen molar-refractivity contribution in [2.24, 2.45) is 0 Å². The Hall–Kier alpha value is -0.740. The average Bonchev–Trinajstić information content (AvgIpc) is 2.34. The molecule has 0 radical (unpaired) electrons. The number of fused-ring (bicyclic) bond motifs is 1. The molecule has 0 saturated heterocycles. The Morgan fingerprint density at radius 2 is 2.00 bits per heavy atom. The first-order valence-electron chi connectivity index (χ1n) is 5.98. The maximum Gasteiger partial charge on any atom is 0.416 e. The highest BCUT2D eigenvalue weighted by molar-refractivity contribution is 6.17. The molecule has 0 unspecified atom stereocenters. The zero-order chi connectivity index (χ0) is 13.2. The molecular weight excluding hydrogens is 263 g/mol. The van der Waals surface area contributed by atoms with Crippen LogP contribution in [-0.2, 0) is 19.1 Å². The number of halogens is 4. The molecule has 18 heavy (non-hydrogen) atoms. The zero-order valence-electron chi connectivity index (χ0n) is 9.93. The molecule has 0 N–H and O–H groups in total. The Balaban J connectivity index is 2.11. The van der Waals surface area contributed by atoms with Gasteiger partial charge in [-0.3, -0.25) is 4.90 Å². The molecular formula is C13H15ClF3N. The number of benzene rings is 1. The average molecular weight is 278 g/mol. The fourth-order valence-corrected chi connectivity index (χ4v) is 2.38. The summed E-state index contributed by atoms with van der Waals surface area (Å²) in [6.45, 7) is 2.44. The van der Waals surface area contributed by atoms with E-state index in [1.165, 1.54) is 12.1 Å². The Morgan fingerprint density at radius 3 is 2.67 bits per heavy atom. The molecule has 1 aromatic rings. The van der Waals surface area contributed by atoms with Gasteiger partial charge in [-0.15, -0.1) is 11.6 Å². The summed E-state index contributed by atoms with van der Waals surface area (Å²) < 4.78 is 37.7. The number of nitrogens with zero attached hydrogens (tertiary/aromatic N) is 1. The van der Waals surface area contributed by atoms with E-state index >= 15 is 0 Å². The van der Waals surface area contributed by atoms with Gasteiger partial charge in [0.25, 0.3) is 0 Å². The van der Waals surface area contributed by atoms with E-state index in [2.05, 4.69) is 4.90 Å². The van der Waals surface area contributed by atoms with E-state index in [4.69, 9.17) is 11.6 Å². The minimum absolute atomic E-state index is 0.546. The fourth-order valence-electron chi connectivity index (χ4n) is 2.26. The van der Waals surface area contributed by atoms with E-state index in [1.807, 2.05) is 0 Å². The Morgan fingerprint density at radius 1 is 1.22 bits per heavy atom. The molecule has 0 fully saturated rings. The standard InChI is InChI=1S/C13H15ClF3N/c14-5-1-6-18-7-4-10-8-12(13(15,16)17)3-2-11(10)9-18/h2-3,8H,1,4-7,9H2. The van der Waals surface area contributed by atoms with Gasteiger partial charge in [0.15, 0.2) is 0 Å². The third-order valence-corrected chi connectivity index (χ3v) is 3.50. The van der Waals surface area contributed by atoms with Crippen LogP contribution in [0.2, 0.25) is 0 Å². The van der Waals surface area contributed by atoms with Gasteiger partial charge >= 0.3 is 6.18 Å².